The molecule has 253 valence electrons. The zero-order valence-electron chi connectivity index (χ0n) is 28.7. The number of pyridine rings is 1. The number of hydrogen-bond acceptors (Lipinski definition) is 5. The van der Waals surface area contributed by atoms with Gasteiger partial charge in [0.1, 0.15) is 5.58 Å². The van der Waals surface area contributed by atoms with Crippen LogP contribution < -0.4 is 0 Å². The summed E-state index contributed by atoms with van der Waals surface area (Å²) in [5.41, 5.74) is 5.98. The Balaban J connectivity index is 0.000000252. The molecule has 0 unspecified atom stereocenters. The average Bonchev–Trinajstić information content (AvgIpc) is 3.68. The number of furan rings is 1. The van der Waals surface area contributed by atoms with Crippen LogP contribution in [0.1, 0.15) is 58.9 Å². The van der Waals surface area contributed by atoms with Crippen LogP contribution in [0.15, 0.2) is 107 Å². The number of aryl methyl sites for hydroxylation is 1. The molecule has 3 heterocycles. The van der Waals surface area contributed by atoms with Crippen molar-refractivity contribution in [1.29, 1.82) is 0 Å². The quantitative estimate of drug-likeness (QED) is 0.0893. The number of aliphatic hydroxyl groups is 1. The first kappa shape index (κ1) is 36.2. The largest absolute Gasteiger partial charge is 0.512 e. The average molecular weight is 845 g/mol. The van der Waals surface area contributed by atoms with Crippen LogP contribution in [0.4, 0.5) is 0 Å². The van der Waals surface area contributed by atoms with Crippen LogP contribution in [-0.4, -0.2) is 15.9 Å². The zero-order valence-corrected chi connectivity index (χ0v) is 31.9. The second-order valence-electron chi connectivity index (χ2n) is 12.3. The Bertz CT molecular complexity index is 2250. The van der Waals surface area contributed by atoms with Gasteiger partial charge in [-0.25, -0.2) is 0 Å². The summed E-state index contributed by atoms with van der Waals surface area (Å²) in [6, 6.07) is 33.1. The monoisotopic (exact) mass is 845 g/mol. The van der Waals surface area contributed by atoms with Crippen LogP contribution in [0, 0.1) is 24.8 Å². The van der Waals surface area contributed by atoms with Crippen molar-refractivity contribution >= 4 is 59.9 Å². The fourth-order valence-electron chi connectivity index (χ4n) is 6.61. The number of aliphatic hydroxyl groups excluding tert-OH is 1. The number of hydrogen-bond donors (Lipinski definition) is 1. The first-order chi connectivity index (χ1) is 23.4. The van der Waals surface area contributed by atoms with Gasteiger partial charge in [-0.05, 0) is 72.7 Å². The van der Waals surface area contributed by atoms with Gasteiger partial charge >= 0.3 is 0 Å². The molecule has 6 heteroatoms. The Morgan fingerprint density at radius 2 is 1.49 bits per heavy atom. The number of aromatic nitrogens is 1. The van der Waals surface area contributed by atoms with Crippen molar-refractivity contribution < 1.29 is 34.4 Å². The van der Waals surface area contributed by atoms with Gasteiger partial charge in [0, 0.05) is 64.9 Å². The Labute approximate surface area is 306 Å². The molecule has 7 aromatic rings. The fourth-order valence-corrected chi connectivity index (χ4v) is 7.81. The molecule has 0 aliphatic carbocycles. The van der Waals surface area contributed by atoms with Crippen molar-refractivity contribution in [3.05, 3.63) is 115 Å². The van der Waals surface area contributed by atoms with Crippen LogP contribution in [-0.2, 0) is 24.9 Å². The van der Waals surface area contributed by atoms with E-state index in [2.05, 4.69) is 85.8 Å². The first-order valence-electron chi connectivity index (χ1n) is 17.0. The summed E-state index contributed by atoms with van der Waals surface area (Å²) in [5.74, 6) is 0.547. The summed E-state index contributed by atoms with van der Waals surface area (Å²) < 4.78 is 7.70. The Hall–Kier alpha value is -4.09. The van der Waals surface area contributed by atoms with Gasteiger partial charge in [0.05, 0.1) is 11.3 Å². The molecule has 0 aliphatic heterocycles. The smallest absolute Gasteiger partial charge is 0.162 e. The molecule has 7 rings (SSSR count). The molecule has 0 aliphatic rings. The molecule has 4 nitrogen and oxygen atoms in total. The third-order valence-corrected chi connectivity index (χ3v) is 10.8. The number of allylic oxidation sites excluding steroid dienone is 2. The molecule has 3 aromatic heterocycles. The van der Waals surface area contributed by atoms with Crippen LogP contribution in [0.2, 0.25) is 0 Å². The number of rotatable bonds is 9. The molecule has 4 aromatic carbocycles. The number of para-hydroxylation sites is 1. The summed E-state index contributed by atoms with van der Waals surface area (Å²) >= 11 is 1.83. The van der Waals surface area contributed by atoms with Crippen molar-refractivity contribution in [2.75, 3.05) is 0 Å². The summed E-state index contributed by atoms with van der Waals surface area (Å²) in [6.45, 7) is 10.3. The molecule has 0 saturated heterocycles. The fraction of sp³-hybridized carbons (Fsp3) is 0.256. The molecule has 0 spiro atoms. The molecule has 1 N–H and O–H groups in total. The van der Waals surface area contributed by atoms with Gasteiger partial charge in [0.2, 0.25) is 0 Å². The third kappa shape index (κ3) is 7.28. The minimum absolute atomic E-state index is 0. The number of fused-ring (bicyclic) bond motifs is 6. The molecule has 0 amide bonds. The molecule has 0 fully saturated rings. The molecule has 49 heavy (non-hydrogen) atoms. The first-order valence-corrected chi connectivity index (χ1v) is 17.8. The van der Waals surface area contributed by atoms with E-state index in [1.165, 1.54) is 32.2 Å². The van der Waals surface area contributed by atoms with Crippen molar-refractivity contribution in [2.24, 2.45) is 11.8 Å². The maximum Gasteiger partial charge on any atom is 0.162 e. The molecular weight excluding hydrogens is 803 g/mol. The van der Waals surface area contributed by atoms with E-state index in [9.17, 15) is 9.90 Å². The maximum absolute atomic E-state index is 11.7. The molecule has 0 saturated carbocycles. The van der Waals surface area contributed by atoms with Gasteiger partial charge in [0.25, 0.3) is 0 Å². The van der Waals surface area contributed by atoms with Crippen molar-refractivity contribution in [2.45, 2.75) is 60.3 Å². The number of carbonyl (C=O) groups excluding carboxylic acids is 1. The second kappa shape index (κ2) is 16.1. The SMILES string of the molecule is CCC(CC)C(=O)/C=C(\O)C(CC)CC.Cc1c(-c2ccnc(-c3[c-]c4ccccc4c4c3oc3ccccc34)c2)sc2ccccc12.[Ir]. The number of carbonyl (C=O) groups is 1. The number of benzene rings is 4. The Kier molecular flexibility index (Phi) is 11.9. The van der Waals surface area contributed by atoms with E-state index in [-0.39, 0.29) is 43.5 Å². The summed E-state index contributed by atoms with van der Waals surface area (Å²) in [4.78, 5) is 17.8. The van der Waals surface area contributed by atoms with Crippen LogP contribution in [0.3, 0.4) is 0 Å². The van der Waals surface area contributed by atoms with Crippen LogP contribution >= 0.6 is 11.3 Å². The third-order valence-electron chi connectivity index (χ3n) is 9.48. The van der Waals surface area contributed by atoms with E-state index in [0.29, 0.717) is 0 Å². The zero-order chi connectivity index (χ0) is 33.8. The molecule has 1 radical (unpaired) electrons. The molecular formula is C43H42IrNO3S-. The Morgan fingerprint density at radius 1 is 0.857 bits per heavy atom. The topological polar surface area (TPSA) is 63.3 Å². The van der Waals surface area contributed by atoms with Crippen LogP contribution in [0.5, 0.6) is 0 Å². The normalized spacial score (nSPS) is 11.8. The van der Waals surface area contributed by atoms with E-state index >= 15 is 0 Å². The number of nitrogens with zero attached hydrogens (tertiary/aromatic N) is 1. The van der Waals surface area contributed by atoms with Gasteiger partial charge in [-0.3, -0.25) is 9.78 Å². The predicted octanol–water partition coefficient (Wildman–Crippen LogP) is 12.7. The summed E-state index contributed by atoms with van der Waals surface area (Å²) in [5, 5.41) is 15.5. The van der Waals surface area contributed by atoms with Gasteiger partial charge in [0.15, 0.2) is 5.78 Å². The Morgan fingerprint density at radius 3 is 2.18 bits per heavy atom. The van der Waals surface area contributed by atoms with Crippen LogP contribution in [0.25, 0.3) is 64.5 Å². The van der Waals surface area contributed by atoms with E-state index in [4.69, 9.17) is 9.40 Å². The maximum atomic E-state index is 11.7. The van der Waals surface area contributed by atoms with E-state index in [0.717, 1.165) is 69.7 Å². The van der Waals surface area contributed by atoms with E-state index in [1.54, 1.807) is 0 Å². The van der Waals surface area contributed by atoms with Crippen molar-refractivity contribution in [3.8, 4) is 21.7 Å². The van der Waals surface area contributed by atoms with Gasteiger partial charge in [-0.15, -0.1) is 28.9 Å². The predicted molar refractivity (Wildman–Crippen MR) is 203 cm³/mol. The standard InChI is InChI=1S/C30H18NOS.C13H24O2.Ir/c1-18-21-9-5-7-13-27(21)33-30(18)20-14-15-31-25(17-20)24-16-19-8-2-3-10-22(19)28-23-11-4-6-12-26(23)32-29(24)28;1-5-10(6-2)12(14)9-13(15)11(7-3)8-4;/h2-15,17H,1H3;9-11,14H,5-8H2,1-4H3;/q-1;;/b;12-9-;. The summed E-state index contributed by atoms with van der Waals surface area (Å²) in [6.07, 6.45) is 6.80. The minimum Gasteiger partial charge on any atom is -0.512 e. The van der Waals surface area contributed by atoms with Gasteiger partial charge < -0.3 is 9.52 Å². The van der Waals surface area contributed by atoms with E-state index < -0.39 is 0 Å². The van der Waals surface area contributed by atoms with E-state index in [1.807, 2.05) is 57.4 Å². The number of thiophene rings is 1. The molecule has 0 bridgehead atoms. The minimum atomic E-state index is 0. The molecule has 0 atom stereocenters. The van der Waals surface area contributed by atoms with Crippen molar-refractivity contribution in [3.63, 3.8) is 0 Å². The van der Waals surface area contributed by atoms with Gasteiger partial charge in [-0.1, -0.05) is 99.3 Å². The van der Waals surface area contributed by atoms with Crippen molar-refractivity contribution in [1.82, 2.24) is 4.98 Å². The summed E-state index contributed by atoms with van der Waals surface area (Å²) in [7, 11) is 0. The number of ketones is 1. The van der Waals surface area contributed by atoms with Gasteiger partial charge in [-0.2, -0.15) is 0 Å². The second-order valence-corrected chi connectivity index (χ2v) is 13.4.